The van der Waals surface area contributed by atoms with Crippen molar-refractivity contribution in [1.82, 2.24) is 15.1 Å². The molecule has 1 amide bonds. The first-order valence-corrected chi connectivity index (χ1v) is 8.47. The maximum atomic E-state index is 12.7. The van der Waals surface area contributed by atoms with Gasteiger partial charge in [-0.05, 0) is 39.3 Å². The lowest BCUT2D eigenvalue weighted by Crippen LogP contribution is -2.33. The van der Waals surface area contributed by atoms with Gasteiger partial charge in [-0.15, -0.1) is 0 Å². The normalized spacial score (nSPS) is 12.0. The number of nitrogens with zero attached hydrogens (tertiary/aromatic N) is 3. The molecule has 1 unspecified atom stereocenters. The van der Waals surface area contributed by atoms with Gasteiger partial charge in [0.25, 0.3) is 5.91 Å². The highest BCUT2D eigenvalue weighted by Gasteiger charge is 2.24. The summed E-state index contributed by atoms with van der Waals surface area (Å²) in [5.74, 6) is -0.237. The third-order valence-corrected chi connectivity index (χ3v) is 3.91. The Morgan fingerprint density at radius 2 is 1.96 bits per heavy atom. The lowest BCUT2D eigenvalue weighted by atomic mass is 10.0. The maximum absolute atomic E-state index is 12.7. The van der Waals surface area contributed by atoms with Crippen LogP contribution in [0.15, 0.2) is 24.3 Å². The molecular formula is C19H24N4O2. The fourth-order valence-corrected chi connectivity index (χ4v) is 2.68. The zero-order valence-corrected chi connectivity index (χ0v) is 15.1. The predicted molar refractivity (Wildman–Crippen MR) is 96.2 cm³/mol. The van der Waals surface area contributed by atoms with Crippen molar-refractivity contribution in [2.24, 2.45) is 0 Å². The molecule has 1 aromatic heterocycles. The Morgan fingerprint density at radius 3 is 2.44 bits per heavy atom. The smallest absolute Gasteiger partial charge is 0.269 e. The van der Waals surface area contributed by atoms with E-state index in [9.17, 15) is 9.90 Å². The second-order valence-corrected chi connectivity index (χ2v) is 6.32. The number of carbonyl (C=O) groups excluding carboxylic acids is 1. The standard InChI is InChI=1S/C19H24N4O2/c1-5-16-17(15-8-6-14(10-20)7-9-15)22-23(12(2)3)18(16)19(25)21-11-13(4)24/h6-9,12-13,24H,5,11H2,1-4H3,(H,21,25). The highest BCUT2D eigenvalue weighted by atomic mass is 16.3. The molecular weight excluding hydrogens is 316 g/mol. The summed E-state index contributed by atoms with van der Waals surface area (Å²) in [4.78, 5) is 12.7. The van der Waals surface area contributed by atoms with Crippen molar-refractivity contribution in [3.05, 3.63) is 41.1 Å². The van der Waals surface area contributed by atoms with E-state index in [1.807, 2.05) is 32.9 Å². The molecule has 2 N–H and O–H groups in total. The van der Waals surface area contributed by atoms with Crippen molar-refractivity contribution < 1.29 is 9.90 Å². The van der Waals surface area contributed by atoms with Crippen LogP contribution in [0.2, 0.25) is 0 Å². The summed E-state index contributed by atoms with van der Waals surface area (Å²) < 4.78 is 1.73. The van der Waals surface area contributed by atoms with Gasteiger partial charge in [0.05, 0.1) is 23.4 Å². The van der Waals surface area contributed by atoms with Crippen LogP contribution in [0, 0.1) is 11.3 Å². The van der Waals surface area contributed by atoms with Crippen molar-refractivity contribution in [3.8, 4) is 17.3 Å². The molecule has 0 aliphatic rings. The molecule has 2 aromatic rings. The first-order chi connectivity index (χ1) is 11.9. The number of carbonyl (C=O) groups is 1. The van der Waals surface area contributed by atoms with Crippen LogP contribution in [-0.2, 0) is 6.42 Å². The zero-order chi connectivity index (χ0) is 18.6. The van der Waals surface area contributed by atoms with Crippen LogP contribution in [0.5, 0.6) is 0 Å². The number of amides is 1. The molecule has 0 saturated carbocycles. The van der Waals surface area contributed by atoms with Gasteiger partial charge < -0.3 is 10.4 Å². The average Bonchev–Trinajstić information content (AvgIpc) is 2.99. The Labute approximate surface area is 148 Å². The Hall–Kier alpha value is -2.65. The third-order valence-electron chi connectivity index (χ3n) is 3.91. The minimum atomic E-state index is -0.609. The lowest BCUT2D eigenvalue weighted by Gasteiger charge is -2.13. The van der Waals surface area contributed by atoms with E-state index in [4.69, 9.17) is 5.26 Å². The van der Waals surface area contributed by atoms with Crippen molar-refractivity contribution in [2.45, 2.75) is 46.3 Å². The van der Waals surface area contributed by atoms with E-state index in [0.717, 1.165) is 16.8 Å². The summed E-state index contributed by atoms with van der Waals surface area (Å²) in [5.41, 5.74) is 3.60. The number of benzene rings is 1. The summed E-state index contributed by atoms with van der Waals surface area (Å²) in [5, 5.41) is 25.8. The number of nitrogens with one attached hydrogen (secondary N) is 1. The summed E-state index contributed by atoms with van der Waals surface area (Å²) in [6, 6.07) is 9.31. The molecule has 0 saturated heterocycles. The summed E-state index contributed by atoms with van der Waals surface area (Å²) >= 11 is 0. The molecule has 132 valence electrons. The fraction of sp³-hybridized carbons (Fsp3) is 0.421. The van der Waals surface area contributed by atoms with Gasteiger partial charge in [-0.25, -0.2) is 0 Å². The molecule has 6 heteroatoms. The monoisotopic (exact) mass is 340 g/mol. The van der Waals surface area contributed by atoms with E-state index in [1.54, 1.807) is 23.7 Å². The molecule has 1 aromatic carbocycles. The molecule has 1 atom stereocenters. The number of hydrogen-bond acceptors (Lipinski definition) is 4. The second kappa shape index (κ2) is 7.95. The Morgan fingerprint density at radius 1 is 1.32 bits per heavy atom. The topological polar surface area (TPSA) is 90.9 Å². The van der Waals surface area contributed by atoms with Crippen LogP contribution in [-0.4, -0.2) is 33.4 Å². The van der Waals surface area contributed by atoms with Gasteiger partial charge in [0.15, 0.2) is 0 Å². The van der Waals surface area contributed by atoms with E-state index in [0.29, 0.717) is 17.7 Å². The molecule has 0 fully saturated rings. The Bertz CT molecular complexity index is 783. The average molecular weight is 340 g/mol. The van der Waals surface area contributed by atoms with E-state index in [-0.39, 0.29) is 18.5 Å². The predicted octanol–water partition coefficient (Wildman–Crippen LogP) is 2.68. The minimum absolute atomic E-state index is 0.0183. The van der Waals surface area contributed by atoms with Crippen LogP contribution in [0.1, 0.15) is 55.4 Å². The van der Waals surface area contributed by atoms with Crippen LogP contribution < -0.4 is 5.32 Å². The SMILES string of the molecule is CCc1c(-c2ccc(C#N)cc2)nn(C(C)C)c1C(=O)NCC(C)O. The fourth-order valence-electron chi connectivity index (χ4n) is 2.68. The van der Waals surface area contributed by atoms with Crippen LogP contribution >= 0.6 is 0 Å². The van der Waals surface area contributed by atoms with Crippen molar-refractivity contribution in [1.29, 1.82) is 5.26 Å². The highest BCUT2D eigenvalue weighted by molar-refractivity contribution is 5.96. The largest absolute Gasteiger partial charge is 0.392 e. The van der Waals surface area contributed by atoms with Crippen LogP contribution in [0.4, 0.5) is 0 Å². The number of aliphatic hydroxyl groups is 1. The van der Waals surface area contributed by atoms with Gasteiger partial charge in [0.2, 0.25) is 0 Å². The third kappa shape index (κ3) is 4.06. The van der Waals surface area contributed by atoms with Crippen LogP contribution in [0.25, 0.3) is 11.3 Å². The van der Waals surface area contributed by atoms with Crippen LogP contribution in [0.3, 0.4) is 0 Å². The van der Waals surface area contributed by atoms with E-state index >= 15 is 0 Å². The van der Waals surface area contributed by atoms with Gasteiger partial charge in [0.1, 0.15) is 5.69 Å². The quantitative estimate of drug-likeness (QED) is 0.846. The molecule has 0 bridgehead atoms. The first kappa shape index (κ1) is 18.7. The van der Waals surface area contributed by atoms with E-state index < -0.39 is 6.10 Å². The summed E-state index contributed by atoms with van der Waals surface area (Å²) in [6.07, 6.45) is 0.0434. The van der Waals surface area contributed by atoms with E-state index in [2.05, 4.69) is 16.5 Å². The molecule has 2 rings (SSSR count). The first-order valence-electron chi connectivity index (χ1n) is 8.47. The highest BCUT2D eigenvalue weighted by Crippen LogP contribution is 2.28. The zero-order valence-electron chi connectivity index (χ0n) is 15.1. The van der Waals surface area contributed by atoms with Gasteiger partial charge in [0, 0.05) is 23.7 Å². The summed E-state index contributed by atoms with van der Waals surface area (Å²) in [7, 11) is 0. The molecule has 25 heavy (non-hydrogen) atoms. The number of nitriles is 1. The van der Waals surface area contributed by atoms with Gasteiger partial charge >= 0.3 is 0 Å². The number of aromatic nitrogens is 2. The number of rotatable bonds is 6. The van der Waals surface area contributed by atoms with Gasteiger partial charge in [-0.3, -0.25) is 9.48 Å². The molecule has 6 nitrogen and oxygen atoms in total. The Balaban J connectivity index is 2.53. The maximum Gasteiger partial charge on any atom is 0.269 e. The second-order valence-electron chi connectivity index (χ2n) is 6.32. The summed E-state index contributed by atoms with van der Waals surface area (Å²) in [6.45, 7) is 7.75. The van der Waals surface area contributed by atoms with Crippen molar-refractivity contribution in [3.63, 3.8) is 0 Å². The van der Waals surface area contributed by atoms with E-state index in [1.165, 1.54) is 0 Å². The molecule has 1 heterocycles. The van der Waals surface area contributed by atoms with Gasteiger partial charge in [-0.2, -0.15) is 10.4 Å². The Kier molecular flexibility index (Phi) is 5.94. The van der Waals surface area contributed by atoms with Gasteiger partial charge in [-0.1, -0.05) is 19.1 Å². The number of aliphatic hydroxyl groups excluding tert-OH is 1. The molecule has 0 aliphatic heterocycles. The van der Waals surface area contributed by atoms with Crippen molar-refractivity contribution >= 4 is 5.91 Å². The minimum Gasteiger partial charge on any atom is -0.392 e. The molecule has 0 radical (unpaired) electrons. The van der Waals surface area contributed by atoms with Crippen molar-refractivity contribution in [2.75, 3.05) is 6.54 Å². The lowest BCUT2D eigenvalue weighted by molar-refractivity contribution is 0.0910. The number of hydrogen-bond donors (Lipinski definition) is 2. The molecule has 0 spiro atoms. The molecule has 0 aliphatic carbocycles.